The molecular formula is C13H18BrNOS. The Hall–Kier alpha value is -0.450. The summed E-state index contributed by atoms with van der Waals surface area (Å²) in [6.07, 6.45) is 0.793. The molecule has 0 bridgehead atoms. The molecule has 1 aromatic rings. The molecule has 0 saturated heterocycles. The van der Waals surface area contributed by atoms with Crippen LogP contribution in [-0.4, -0.2) is 22.5 Å². The number of thioether (sulfide) groups is 1. The highest BCUT2D eigenvalue weighted by Crippen LogP contribution is 2.34. The smallest absolute Gasteiger partial charge is 0.0684 e. The number of aliphatic hydroxyl groups is 1. The minimum absolute atomic E-state index is 0. The molecule has 1 aliphatic rings. The van der Waals surface area contributed by atoms with E-state index in [-0.39, 0.29) is 23.6 Å². The van der Waals surface area contributed by atoms with Crippen molar-refractivity contribution in [2.75, 3.05) is 12.5 Å². The van der Waals surface area contributed by atoms with E-state index in [1.807, 2.05) is 17.8 Å². The molecule has 0 saturated carbocycles. The summed E-state index contributed by atoms with van der Waals surface area (Å²) in [5.74, 6) is 1.01. The van der Waals surface area contributed by atoms with E-state index in [2.05, 4.69) is 36.1 Å². The third-order valence-electron chi connectivity index (χ3n) is 2.83. The number of aliphatic hydroxyl groups excluding tert-OH is 1. The van der Waals surface area contributed by atoms with Crippen molar-refractivity contribution in [2.24, 2.45) is 0 Å². The molecule has 0 aromatic heterocycles. The molecular weight excluding hydrogens is 298 g/mol. The minimum atomic E-state index is 0. The van der Waals surface area contributed by atoms with Crippen molar-refractivity contribution in [3.8, 4) is 0 Å². The molecule has 1 heterocycles. The zero-order valence-electron chi connectivity index (χ0n) is 9.93. The van der Waals surface area contributed by atoms with Gasteiger partial charge in [0.05, 0.1) is 5.88 Å². The van der Waals surface area contributed by atoms with Crippen molar-refractivity contribution in [1.29, 1.82) is 0 Å². The summed E-state index contributed by atoms with van der Waals surface area (Å²) in [4.78, 5) is 3.70. The first-order chi connectivity index (χ1) is 7.81. The Balaban J connectivity index is 0.00000144. The summed E-state index contributed by atoms with van der Waals surface area (Å²) in [6.45, 7) is 3.36. The molecule has 1 aromatic carbocycles. The normalized spacial score (nSPS) is 15.1. The number of rotatable bonds is 4. The van der Waals surface area contributed by atoms with Gasteiger partial charge in [0, 0.05) is 30.2 Å². The zero-order valence-corrected chi connectivity index (χ0v) is 12.5. The van der Waals surface area contributed by atoms with Crippen LogP contribution < -0.4 is 0 Å². The molecule has 2 nitrogen and oxygen atoms in total. The van der Waals surface area contributed by atoms with Crippen molar-refractivity contribution in [3.63, 3.8) is 0 Å². The molecule has 94 valence electrons. The van der Waals surface area contributed by atoms with Crippen LogP contribution in [-0.2, 0) is 6.54 Å². The van der Waals surface area contributed by atoms with Crippen molar-refractivity contribution < 1.29 is 5.11 Å². The van der Waals surface area contributed by atoms with Crippen LogP contribution in [0.1, 0.15) is 18.9 Å². The van der Waals surface area contributed by atoms with Gasteiger partial charge in [0.15, 0.2) is 0 Å². The van der Waals surface area contributed by atoms with Crippen molar-refractivity contribution in [2.45, 2.75) is 19.9 Å². The fourth-order valence-electron chi connectivity index (χ4n) is 1.86. The van der Waals surface area contributed by atoms with Crippen LogP contribution in [0, 0.1) is 0 Å². The molecule has 17 heavy (non-hydrogen) atoms. The van der Waals surface area contributed by atoms with Gasteiger partial charge < -0.3 is 10.0 Å². The fraction of sp³-hybridized carbons (Fsp3) is 0.385. The maximum Gasteiger partial charge on any atom is 0.0684 e. The maximum absolute atomic E-state index is 8.95. The average Bonchev–Trinajstić information content (AvgIpc) is 2.64. The molecule has 0 radical (unpaired) electrons. The lowest BCUT2D eigenvalue weighted by atomic mass is 10.2. The van der Waals surface area contributed by atoms with Crippen molar-refractivity contribution in [3.05, 3.63) is 46.5 Å². The molecule has 4 heteroatoms. The standard InChI is InChI=1S/C13H17NOS.BrH/c1-11-13(7-8-15)16-10-14(11)9-12-5-3-2-4-6-12;/h2-6,15H,7-10H2,1H3;1H. The lowest BCUT2D eigenvalue weighted by Crippen LogP contribution is -2.16. The highest BCUT2D eigenvalue weighted by molar-refractivity contribution is 8.93. The SMILES string of the molecule is Br.CC1=C(CCO)SCN1Cc1ccccc1. The zero-order chi connectivity index (χ0) is 11.4. The van der Waals surface area contributed by atoms with Gasteiger partial charge in [-0.3, -0.25) is 0 Å². The first kappa shape index (κ1) is 14.6. The van der Waals surface area contributed by atoms with Crippen LogP contribution in [0.15, 0.2) is 40.9 Å². The van der Waals surface area contributed by atoms with E-state index in [0.717, 1.165) is 18.8 Å². The van der Waals surface area contributed by atoms with E-state index < -0.39 is 0 Å². The van der Waals surface area contributed by atoms with Crippen LogP contribution in [0.25, 0.3) is 0 Å². The van der Waals surface area contributed by atoms with Gasteiger partial charge in [-0.15, -0.1) is 28.7 Å². The third-order valence-corrected chi connectivity index (χ3v) is 4.12. The Morgan fingerprint density at radius 1 is 1.29 bits per heavy atom. The first-order valence-electron chi connectivity index (χ1n) is 5.53. The monoisotopic (exact) mass is 315 g/mol. The topological polar surface area (TPSA) is 23.5 Å². The van der Waals surface area contributed by atoms with Crippen LogP contribution >= 0.6 is 28.7 Å². The molecule has 2 rings (SSSR count). The summed E-state index contributed by atoms with van der Waals surface area (Å²) in [6, 6.07) is 10.5. The molecule has 0 spiro atoms. The van der Waals surface area contributed by atoms with Gasteiger partial charge in [-0.1, -0.05) is 30.3 Å². The van der Waals surface area contributed by atoms with Gasteiger partial charge in [-0.05, 0) is 12.5 Å². The van der Waals surface area contributed by atoms with Gasteiger partial charge in [0.1, 0.15) is 0 Å². The Bertz CT molecular complexity index is 380. The van der Waals surface area contributed by atoms with Crippen molar-refractivity contribution in [1.82, 2.24) is 4.90 Å². The molecule has 0 unspecified atom stereocenters. The molecule has 0 fully saturated rings. The van der Waals surface area contributed by atoms with E-state index >= 15 is 0 Å². The molecule has 1 aliphatic heterocycles. The predicted molar refractivity (Wildman–Crippen MR) is 79.2 cm³/mol. The minimum Gasteiger partial charge on any atom is -0.396 e. The van der Waals surface area contributed by atoms with Gasteiger partial charge in [0.2, 0.25) is 0 Å². The molecule has 0 amide bonds. The average molecular weight is 316 g/mol. The highest BCUT2D eigenvalue weighted by atomic mass is 79.9. The van der Waals surface area contributed by atoms with E-state index in [9.17, 15) is 0 Å². The van der Waals surface area contributed by atoms with Crippen molar-refractivity contribution >= 4 is 28.7 Å². The number of hydrogen-bond acceptors (Lipinski definition) is 3. The summed E-state index contributed by atoms with van der Waals surface area (Å²) in [7, 11) is 0. The van der Waals surface area contributed by atoms with Gasteiger partial charge in [0.25, 0.3) is 0 Å². The molecule has 0 atom stereocenters. The summed E-state index contributed by atoms with van der Waals surface area (Å²) in [5.41, 5.74) is 2.66. The second-order valence-corrected chi connectivity index (χ2v) is 4.98. The Labute approximate surface area is 117 Å². The van der Waals surface area contributed by atoms with Crippen LogP contribution in [0.2, 0.25) is 0 Å². The number of nitrogens with zero attached hydrogens (tertiary/aromatic N) is 1. The van der Waals surface area contributed by atoms with Gasteiger partial charge in [-0.25, -0.2) is 0 Å². The number of benzene rings is 1. The van der Waals surface area contributed by atoms with Crippen LogP contribution in [0.4, 0.5) is 0 Å². The quantitative estimate of drug-likeness (QED) is 0.921. The Kier molecular flexibility index (Phi) is 6.09. The number of allylic oxidation sites excluding steroid dienone is 1. The highest BCUT2D eigenvalue weighted by Gasteiger charge is 2.18. The lowest BCUT2D eigenvalue weighted by Gasteiger charge is -2.19. The fourth-order valence-corrected chi connectivity index (χ4v) is 3.03. The Morgan fingerprint density at radius 3 is 2.65 bits per heavy atom. The van der Waals surface area contributed by atoms with Crippen LogP contribution in [0.5, 0.6) is 0 Å². The molecule has 1 N–H and O–H groups in total. The maximum atomic E-state index is 8.95. The second-order valence-electron chi connectivity index (χ2n) is 3.94. The van der Waals surface area contributed by atoms with E-state index in [4.69, 9.17) is 5.11 Å². The summed E-state index contributed by atoms with van der Waals surface area (Å²) in [5, 5.41) is 8.95. The predicted octanol–water partition coefficient (Wildman–Crippen LogP) is 3.38. The first-order valence-corrected chi connectivity index (χ1v) is 6.52. The number of hydrogen-bond donors (Lipinski definition) is 1. The van der Waals surface area contributed by atoms with Crippen LogP contribution in [0.3, 0.4) is 0 Å². The summed E-state index contributed by atoms with van der Waals surface area (Å²) >= 11 is 1.85. The largest absolute Gasteiger partial charge is 0.396 e. The third kappa shape index (κ3) is 3.76. The van der Waals surface area contributed by atoms with E-state index in [1.54, 1.807) is 0 Å². The van der Waals surface area contributed by atoms with E-state index in [1.165, 1.54) is 16.2 Å². The summed E-state index contributed by atoms with van der Waals surface area (Å²) < 4.78 is 0. The second kappa shape index (κ2) is 7.09. The van der Waals surface area contributed by atoms with Gasteiger partial charge >= 0.3 is 0 Å². The van der Waals surface area contributed by atoms with Gasteiger partial charge in [-0.2, -0.15) is 0 Å². The Morgan fingerprint density at radius 2 is 2.00 bits per heavy atom. The lowest BCUT2D eigenvalue weighted by molar-refractivity contribution is 0.300. The van der Waals surface area contributed by atoms with E-state index in [0.29, 0.717) is 0 Å². The molecule has 0 aliphatic carbocycles. The number of halogens is 1.